The summed E-state index contributed by atoms with van der Waals surface area (Å²) in [5.41, 5.74) is 7.36. The van der Waals surface area contributed by atoms with Gasteiger partial charge in [-0.05, 0) is 23.3 Å². The van der Waals surface area contributed by atoms with Crippen LogP contribution in [0.3, 0.4) is 0 Å². The Bertz CT molecular complexity index is 630. The number of ketones is 1. The zero-order chi connectivity index (χ0) is 15.4. The summed E-state index contributed by atoms with van der Waals surface area (Å²) in [4.78, 5) is 12.3. The van der Waals surface area contributed by atoms with E-state index in [0.29, 0.717) is 10.6 Å². The summed E-state index contributed by atoms with van der Waals surface area (Å²) in [7, 11) is 0. The van der Waals surface area contributed by atoms with Crippen LogP contribution in [0.4, 0.5) is 4.39 Å². The Balaban J connectivity index is 2.09. The summed E-state index contributed by atoms with van der Waals surface area (Å²) in [5, 5.41) is 0.317. The van der Waals surface area contributed by atoms with Crippen LogP contribution in [0.25, 0.3) is 0 Å². The monoisotopic (exact) mass is 305 g/mol. The molecule has 4 heteroatoms. The molecule has 0 fully saturated rings. The van der Waals surface area contributed by atoms with Gasteiger partial charge in [0.1, 0.15) is 11.6 Å². The van der Waals surface area contributed by atoms with E-state index in [-0.39, 0.29) is 18.1 Å². The first-order valence-electron chi connectivity index (χ1n) is 6.76. The number of Topliss-reactive ketones (excluding diaryl/α,β-unsaturated/α-hetero) is 1. The minimum Gasteiger partial charge on any atom is -0.323 e. The van der Waals surface area contributed by atoms with Gasteiger partial charge in [0.2, 0.25) is 0 Å². The van der Waals surface area contributed by atoms with E-state index < -0.39 is 11.9 Å². The molecular weight excluding hydrogens is 289 g/mol. The predicted octanol–water partition coefficient (Wildman–Crippen LogP) is 3.93. The minimum absolute atomic E-state index is 0.0186. The van der Waals surface area contributed by atoms with E-state index >= 15 is 0 Å². The number of rotatable bonds is 5. The molecule has 0 saturated carbocycles. The van der Waals surface area contributed by atoms with Crippen molar-refractivity contribution < 1.29 is 9.18 Å². The lowest BCUT2D eigenvalue weighted by molar-refractivity contribution is -0.122. The molecule has 2 nitrogen and oxygen atoms in total. The molecule has 110 valence electrons. The molecule has 2 rings (SSSR count). The molecule has 2 aromatic rings. The summed E-state index contributed by atoms with van der Waals surface area (Å²) in [5.74, 6) is -0.939. The molecule has 0 aliphatic rings. The molecule has 0 aliphatic carbocycles. The molecular formula is C17H17ClFNO. The van der Waals surface area contributed by atoms with Gasteiger partial charge in [0.15, 0.2) is 0 Å². The maximum absolute atomic E-state index is 13.7. The molecule has 0 aromatic heterocycles. The number of nitrogens with two attached hydrogens (primary N) is 1. The number of carbonyl (C=O) groups excluding carboxylic acids is 1. The normalized spacial score (nSPS) is 13.7. The van der Waals surface area contributed by atoms with Crippen molar-refractivity contribution in [3.8, 4) is 0 Å². The molecule has 0 heterocycles. The number of halogens is 2. The van der Waals surface area contributed by atoms with E-state index in [9.17, 15) is 9.18 Å². The SMILES string of the molecule is CC(C(=O)Cc1ccc(Cl)cc1F)C(N)c1ccccc1. The van der Waals surface area contributed by atoms with E-state index in [4.69, 9.17) is 17.3 Å². The van der Waals surface area contributed by atoms with Crippen LogP contribution in [0.15, 0.2) is 48.5 Å². The van der Waals surface area contributed by atoms with Crippen molar-refractivity contribution >= 4 is 17.4 Å². The lowest BCUT2D eigenvalue weighted by atomic mass is 9.89. The van der Waals surface area contributed by atoms with Gasteiger partial charge in [-0.2, -0.15) is 0 Å². The van der Waals surface area contributed by atoms with Crippen LogP contribution in [0, 0.1) is 11.7 Å². The van der Waals surface area contributed by atoms with Crippen molar-refractivity contribution in [2.45, 2.75) is 19.4 Å². The van der Waals surface area contributed by atoms with E-state index in [1.807, 2.05) is 30.3 Å². The van der Waals surface area contributed by atoms with Crippen LogP contribution in [0.2, 0.25) is 5.02 Å². The van der Waals surface area contributed by atoms with Gasteiger partial charge in [0.05, 0.1) is 0 Å². The van der Waals surface area contributed by atoms with Crippen LogP contribution >= 0.6 is 11.6 Å². The van der Waals surface area contributed by atoms with Gasteiger partial charge in [-0.3, -0.25) is 4.79 Å². The van der Waals surface area contributed by atoms with Crippen molar-refractivity contribution in [3.05, 3.63) is 70.5 Å². The smallest absolute Gasteiger partial charge is 0.142 e. The Kier molecular flexibility index (Phi) is 5.10. The van der Waals surface area contributed by atoms with Crippen molar-refractivity contribution in [2.24, 2.45) is 11.7 Å². The fourth-order valence-corrected chi connectivity index (χ4v) is 2.34. The first-order valence-corrected chi connectivity index (χ1v) is 7.14. The molecule has 0 bridgehead atoms. The van der Waals surface area contributed by atoms with Crippen LogP contribution in [0.5, 0.6) is 0 Å². The molecule has 2 aromatic carbocycles. The second-order valence-electron chi connectivity index (χ2n) is 5.10. The molecule has 2 atom stereocenters. The van der Waals surface area contributed by atoms with Crippen LogP contribution in [-0.4, -0.2) is 5.78 Å². The summed E-state index contributed by atoms with van der Waals surface area (Å²) >= 11 is 5.70. The van der Waals surface area contributed by atoms with Gasteiger partial charge >= 0.3 is 0 Å². The lowest BCUT2D eigenvalue weighted by Crippen LogP contribution is -2.27. The predicted molar refractivity (Wildman–Crippen MR) is 82.7 cm³/mol. The highest BCUT2D eigenvalue weighted by Gasteiger charge is 2.22. The Morgan fingerprint density at radius 2 is 1.90 bits per heavy atom. The second kappa shape index (κ2) is 6.83. The Morgan fingerprint density at radius 3 is 2.52 bits per heavy atom. The number of hydrogen-bond donors (Lipinski definition) is 1. The largest absolute Gasteiger partial charge is 0.323 e. The zero-order valence-corrected chi connectivity index (χ0v) is 12.5. The first-order chi connectivity index (χ1) is 9.99. The van der Waals surface area contributed by atoms with E-state index in [2.05, 4.69) is 0 Å². The molecule has 2 N–H and O–H groups in total. The van der Waals surface area contributed by atoms with Crippen LogP contribution in [0.1, 0.15) is 24.1 Å². The maximum Gasteiger partial charge on any atom is 0.142 e. The van der Waals surface area contributed by atoms with Crippen molar-refractivity contribution in [1.82, 2.24) is 0 Å². The Morgan fingerprint density at radius 1 is 1.24 bits per heavy atom. The van der Waals surface area contributed by atoms with E-state index in [0.717, 1.165) is 5.56 Å². The first kappa shape index (κ1) is 15.7. The third kappa shape index (κ3) is 3.90. The summed E-state index contributed by atoms with van der Waals surface area (Å²) in [6.45, 7) is 1.77. The molecule has 0 aliphatic heterocycles. The molecule has 0 spiro atoms. The maximum atomic E-state index is 13.7. The van der Waals surface area contributed by atoms with Gasteiger partial charge in [0.25, 0.3) is 0 Å². The fraction of sp³-hybridized carbons (Fsp3) is 0.235. The van der Waals surface area contributed by atoms with Crippen molar-refractivity contribution in [1.29, 1.82) is 0 Å². The highest BCUT2D eigenvalue weighted by Crippen LogP contribution is 2.22. The van der Waals surface area contributed by atoms with Gasteiger partial charge in [0, 0.05) is 23.4 Å². The highest BCUT2D eigenvalue weighted by atomic mass is 35.5. The van der Waals surface area contributed by atoms with Gasteiger partial charge in [-0.1, -0.05) is 54.9 Å². The third-order valence-electron chi connectivity index (χ3n) is 3.61. The summed E-state index contributed by atoms with van der Waals surface area (Å²) in [6.07, 6.45) is 0.0186. The van der Waals surface area contributed by atoms with Gasteiger partial charge < -0.3 is 5.73 Å². The van der Waals surface area contributed by atoms with Crippen LogP contribution < -0.4 is 5.73 Å². The zero-order valence-electron chi connectivity index (χ0n) is 11.7. The van der Waals surface area contributed by atoms with E-state index in [1.165, 1.54) is 12.1 Å². The molecule has 0 amide bonds. The average Bonchev–Trinajstić information content (AvgIpc) is 2.49. The molecule has 0 radical (unpaired) electrons. The Hall–Kier alpha value is -1.71. The van der Waals surface area contributed by atoms with Crippen LogP contribution in [-0.2, 0) is 11.2 Å². The fourth-order valence-electron chi connectivity index (χ4n) is 2.18. The summed E-state index contributed by atoms with van der Waals surface area (Å²) < 4.78 is 13.7. The molecule has 0 saturated heterocycles. The van der Waals surface area contributed by atoms with Crippen molar-refractivity contribution in [3.63, 3.8) is 0 Å². The average molecular weight is 306 g/mol. The second-order valence-corrected chi connectivity index (χ2v) is 5.54. The Labute approximate surface area is 128 Å². The summed E-state index contributed by atoms with van der Waals surface area (Å²) in [6, 6.07) is 13.4. The number of carbonyl (C=O) groups is 1. The third-order valence-corrected chi connectivity index (χ3v) is 3.85. The number of benzene rings is 2. The number of hydrogen-bond acceptors (Lipinski definition) is 2. The molecule has 21 heavy (non-hydrogen) atoms. The minimum atomic E-state index is -0.462. The standard InChI is InChI=1S/C17H17ClFNO/c1-11(17(20)12-5-3-2-4-6-12)16(21)9-13-7-8-14(18)10-15(13)19/h2-8,10-11,17H,9,20H2,1H3. The van der Waals surface area contributed by atoms with Gasteiger partial charge in [-0.25, -0.2) is 4.39 Å². The topological polar surface area (TPSA) is 43.1 Å². The van der Waals surface area contributed by atoms with E-state index in [1.54, 1.807) is 13.0 Å². The van der Waals surface area contributed by atoms with Gasteiger partial charge in [-0.15, -0.1) is 0 Å². The van der Waals surface area contributed by atoms with Crippen molar-refractivity contribution in [2.75, 3.05) is 0 Å². The lowest BCUT2D eigenvalue weighted by Gasteiger charge is -2.19. The quantitative estimate of drug-likeness (QED) is 0.909. The highest BCUT2D eigenvalue weighted by molar-refractivity contribution is 6.30. The molecule has 2 unspecified atom stereocenters.